The number of nitro benzene ring substituents is 1. The van der Waals surface area contributed by atoms with Gasteiger partial charge in [0.2, 0.25) is 15.9 Å². The van der Waals surface area contributed by atoms with E-state index in [0.29, 0.717) is 12.8 Å². The summed E-state index contributed by atoms with van der Waals surface area (Å²) in [6, 6.07) is 4.58. The van der Waals surface area contributed by atoms with Gasteiger partial charge in [-0.2, -0.15) is 4.31 Å². The molecule has 1 unspecified atom stereocenters. The van der Waals surface area contributed by atoms with Crippen molar-refractivity contribution in [3.05, 3.63) is 34.4 Å². The van der Waals surface area contributed by atoms with E-state index >= 15 is 0 Å². The molecule has 0 saturated carbocycles. The Morgan fingerprint density at radius 3 is 2.54 bits per heavy atom. The van der Waals surface area contributed by atoms with Crippen molar-refractivity contribution in [2.75, 3.05) is 19.6 Å². The quantitative estimate of drug-likeness (QED) is 0.515. The fraction of sp³-hybridized carbons (Fsp3) is 0.467. The van der Waals surface area contributed by atoms with E-state index in [4.69, 9.17) is 5.11 Å². The summed E-state index contributed by atoms with van der Waals surface area (Å²) in [6.07, 6.45) is 0.789. The molecule has 1 amide bonds. The molecule has 1 heterocycles. The molecule has 11 heteroatoms. The Labute approximate surface area is 150 Å². The van der Waals surface area contributed by atoms with Crippen LogP contribution in [0.25, 0.3) is 0 Å². The molecule has 1 aromatic rings. The molecule has 0 aromatic heterocycles. The average Bonchev–Trinajstić information content (AvgIpc) is 2.61. The molecule has 26 heavy (non-hydrogen) atoms. The number of carboxylic acid groups (broad SMARTS) is 1. The first kappa shape index (κ1) is 19.8. The van der Waals surface area contributed by atoms with E-state index in [9.17, 15) is 28.1 Å². The minimum atomic E-state index is -3.87. The molecule has 1 aliphatic rings. The second-order valence-corrected chi connectivity index (χ2v) is 7.83. The number of amides is 1. The number of nitrogens with one attached hydrogen (secondary N) is 1. The molecule has 1 aromatic carbocycles. The van der Waals surface area contributed by atoms with Crippen molar-refractivity contribution < 1.29 is 28.0 Å². The van der Waals surface area contributed by atoms with Crippen LogP contribution in [0.15, 0.2) is 29.2 Å². The molecule has 2 rings (SSSR count). The van der Waals surface area contributed by atoms with Crippen LogP contribution in [0.5, 0.6) is 0 Å². The van der Waals surface area contributed by atoms with Crippen molar-refractivity contribution in [3.63, 3.8) is 0 Å². The maximum atomic E-state index is 12.7. The van der Waals surface area contributed by atoms with Crippen LogP contribution in [0.3, 0.4) is 0 Å². The standard InChI is InChI=1S/C15H19N3O7S/c19-14(20)7-8-16-15(21)11-2-1-9-17(10-11)26(24,25)13-5-3-12(4-6-13)18(22)23/h3-6,11H,1-2,7-10H2,(H,16,21)(H,19,20). The molecule has 1 fully saturated rings. The topological polar surface area (TPSA) is 147 Å². The number of hydrogen-bond donors (Lipinski definition) is 2. The lowest BCUT2D eigenvalue weighted by Gasteiger charge is -2.31. The van der Waals surface area contributed by atoms with Gasteiger partial charge in [0, 0.05) is 31.8 Å². The molecular weight excluding hydrogens is 366 g/mol. The van der Waals surface area contributed by atoms with Gasteiger partial charge in [-0.3, -0.25) is 19.7 Å². The van der Waals surface area contributed by atoms with Gasteiger partial charge in [0.15, 0.2) is 0 Å². The van der Waals surface area contributed by atoms with Gasteiger partial charge in [-0.25, -0.2) is 8.42 Å². The van der Waals surface area contributed by atoms with E-state index in [-0.39, 0.29) is 42.5 Å². The van der Waals surface area contributed by atoms with Gasteiger partial charge in [0.25, 0.3) is 5.69 Å². The molecule has 142 valence electrons. The molecule has 1 saturated heterocycles. The third kappa shape index (κ3) is 4.76. The molecule has 10 nitrogen and oxygen atoms in total. The zero-order valence-electron chi connectivity index (χ0n) is 13.8. The number of carbonyl (C=O) groups excluding carboxylic acids is 1. The number of nitro groups is 1. The molecule has 0 spiro atoms. The van der Waals surface area contributed by atoms with E-state index in [2.05, 4.69) is 5.32 Å². The summed E-state index contributed by atoms with van der Waals surface area (Å²) in [7, 11) is -3.87. The van der Waals surface area contributed by atoms with Gasteiger partial charge >= 0.3 is 5.97 Å². The number of nitrogens with zero attached hydrogens (tertiary/aromatic N) is 2. The number of carboxylic acids is 1. The highest BCUT2D eigenvalue weighted by Gasteiger charge is 2.33. The van der Waals surface area contributed by atoms with Gasteiger partial charge in [0.1, 0.15) is 0 Å². The van der Waals surface area contributed by atoms with Gasteiger partial charge in [-0.1, -0.05) is 0 Å². The zero-order valence-corrected chi connectivity index (χ0v) is 14.6. The van der Waals surface area contributed by atoms with Crippen molar-refractivity contribution in [1.82, 2.24) is 9.62 Å². The Kier molecular flexibility index (Phi) is 6.27. The highest BCUT2D eigenvalue weighted by molar-refractivity contribution is 7.89. The Morgan fingerprint density at radius 1 is 1.31 bits per heavy atom. The predicted molar refractivity (Wildman–Crippen MR) is 89.8 cm³/mol. The molecule has 0 bridgehead atoms. The Hall–Kier alpha value is -2.53. The maximum absolute atomic E-state index is 12.7. The number of piperidine rings is 1. The van der Waals surface area contributed by atoms with Crippen LogP contribution in [-0.2, 0) is 19.6 Å². The van der Waals surface area contributed by atoms with E-state index in [1.165, 1.54) is 16.4 Å². The third-order valence-corrected chi connectivity index (χ3v) is 5.96. The van der Waals surface area contributed by atoms with Gasteiger partial charge in [-0.05, 0) is 25.0 Å². The summed E-state index contributed by atoms with van der Waals surface area (Å²) in [5.74, 6) is -1.98. The van der Waals surface area contributed by atoms with E-state index in [0.717, 1.165) is 12.1 Å². The Balaban J connectivity index is 2.06. The summed E-state index contributed by atoms with van der Waals surface area (Å²) in [6.45, 7) is 0.218. The highest BCUT2D eigenvalue weighted by Crippen LogP contribution is 2.25. The summed E-state index contributed by atoms with van der Waals surface area (Å²) in [4.78, 5) is 32.6. The van der Waals surface area contributed by atoms with Gasteiger partial charge in [0.05, 0.1) is 22.2 Å². The molecule has 1 aliphatic heterocycles. The number of hydrogen-bond acceptors (Lipinski definition) is 6. The fourth-order valence-corrected chi connectivity index (χ4v) is 4.22. The molecular formula is C15H19N3O7S. The number of non-ortho nitro benzene ring substituents is 1. The minimum Gasteiger partial charge on any atom is -0.481 e. The monoisotopic (exact) mass is 385 g/mol. The second-order valence-electron chi connectivity index (χ2n) is 5.89. The lowest BCUT2D eigenvalue weighted by Crippen LogP contribution is -2.45. The van der Waals surface area contributed by atoms with Crippen molar-refractivity contribution in [2.45, 2.75) is 24.2 Å². The largest absolute Gasteiger partial charge is 0.481 e. The molecule has 0 radical (unpaired) electrons. The van der Waals surface area contributed by atoms with Crippen LogP contribution < -0.4 is 5.32 Å². The SMILES string of the molecule is O=C(O)CCNC(=O)C1CCCN(S(=O)(=O)c2ccc([N+](=O)[O-])cc2)C1. The van der Waals surface area contributed by atoms with E-state index in [1.54, 1.807) is 0 Å². The molecule has 1 atom stereocenters. The first-order chi connectivity index (χ1) is 12.2. The zero-order chi connectivity index (χ0) is 19.3. The summed E-state index contributed by atoms with van der Waals surface area (Å²) >= 11 is 0. The van der Waals surface area contributed by atoms with Gasteiger partial charge < -0.3 is 10.4 Å². The van der Waals surface area contributed by atoms with E-state index < -0.39 is 26.8 Å². The smallest absolute Gasteiger partial charge is 0.305 e. The number of benzene rings is 1. The molecule has 2 N–H and O–H groups in total. The summed E-state index contributed by atoms with van der Waals surface area (Å²) < 4.78 is 26.6. The summed E-state index contributed by atoms with van der Waals surface area (Å²) in [5.41, 5.74) is -0.210. The fourth-order valence-electron chi connectivity index (χ4n) is 2.70. The van der Waals surface area contributed by atoms with Crippen LogP contribution in [0, 0.1) is 16.0 Å². The average molecular weight is 385 g/mol. The van der Waals surface area contributed by atoms with Crippen LogP contribution in [0.2, 0.25) is 0 Å². The van der Waals surface area contributed by atoms with Crippen LogP contribution in [0.4, 0.5) is 5.69 Å². The number of aliphatic carboxylic acids is 1. The number of sulfonamides is 1. The first-order valence-corrected chi connectivity index (χ1v) is 9.40. The van der Waals surface area contributed by atoms with Crippen LogP contribution in [-0.4, -0.2) is 54.3 Å². The lowest BCUT2D eigenvalue weighted by molar-refractivity contribution is -0.384. The highest BCUT2D eigenvalue weighted by atomic mass is 32.2. The van der Waals surface area contributed by atoms with Crippen molar-refractivity contribution in [3.8, 4) is 0 Å². The number of rotatable bonds is 7. The second kappa shape index (κ2) is 8.23. The Bertz CT molecular complexity index is 792. The van der Waals surface area contributed by atoms with Crippen molar-refractivity contribution in [1.29, 1.82) is 0 Å². The van der Waals surface area contributed by atoms with Crippen LogP contribution in [0.1, 0.15) is 19.3 Å². The van der Waals surface area contributed by atoms with E-state index in [1.807, 2.05) is 0 Å². The number of carbonyl (C=O) groups is 2. The normalized spacial score (nSPS) is 18.2. The lowest BCUT2D eigenvalue weighted by atomic mass is 9.99. The summed E-state index contributed by atoms with van der Waals surface area (Å²) in [5, 5.41) is 21.8. The first-order valence-electron chi connectivity index (χ1n) is 7.96. The predicted octanol–water partition coefficient (Wildman–Crippen LogP) is 0.586. The minimum absolute atomic E-state index is 0.0141. The van der Waals surface area contributed by atoms with Crippen molar-refractivity contribution >= 4 is 27.6 Å². The van der Waals surface area contributed by atoms with Crippen LogP contribution >= 0.6 is 0 Å². The molecule has 0 aliphatic carbocycles. The maximum Gasteiger partial charge on any atom is 0.305 e. The Morgan fingerprint density at radius 2 is 1.96 bits per heavy atom. The van der Waals surface area contributed by atoms with Gasteiger partial charge in [-0.15, -0.1) is 0 Å². The van der Waals surface area contributed by atoms with Crippen molar-refractivity contribution in [2.24, 2.45) is 5.92 Å². The third-order valence-electron chi connectivity index (χ3n) is 4.08.